The molecule has 0 saturated heterocycles. The quantitative estimate of drug-likeness (QED) is 0.482. The molecule has 0 saturated carbocycles. The van der Waals surface area contributed by atoms with Crippen LogP contribution in [0.2, 0.25) is 0 Å². The van der Waals surface area contributed by atoms with Crippen molar-refractivity contribution in [3.63, 3.8) is 0 Å². The molecule has 4 heteroatoms. The molecule has 2 aliphatic rings. The van der Waals surface area contributed by atoms with Gasteiger partial charge in [-0.15, -0.1) is 0 Å². The first-order valence-electron chi connectivity index (χ1n) is 3.63. The van der Waals surface area contributed by atoms with E-state index in [9.17, 15) is 0 Å². The molecule has 0 radical (unpaired) electrons. The van der Waals surface area contributed by atoms with Crippen LogP contribution in [0, 0.1) is 0 Å². The molecule has 0 unspecified atom stereocenters. The van der Waals surface area contributed by atoms with Crippen molar-refractivity contribution in [2.75, 3.05) is 14.1 Å². The molecule has 0 amide bonds. The maximum atomic E-state index is 4.33. The zero-order chi connectivity index (χ0) is 8.55. The SMILES string of the molecule is C[N+](C)=c1ccc2ns[se]c-2c1. The Hall–Kier alpha value is -0.441. The number of hydrogen-bond donors (Lipinski definition) is 0. The van der Waals surface area contributed by atoms with Crippen molar-refractivity contribution in [3.8, 4) is 10.1 Å². The van der Waals surface area contributed by atoms with E-state index in [-0.39, 0.29) is 0 Å². The molecule has 1 aliphatic carbocycles. The summed E-state index contributed by atoms with van der Waals surface area (Å²) in [5.41, 5.74) is 1.17. The molecule has 62 valence electrons. The van der Waals surface area contributed by atoms with Crippen molar-refractivity contribution in [1.29, 1.82) is 0 Å². The second kappa shape index (κ2) is 3.13. The topological polar surface area (TPSA) is 15.9 Å². The Morgan fingerprint density at radius 2 is 2.25 bits per heavy atom. The van der Waals surface area contributed by atoms with Crippen LogP contribution in [-0.4, -0.2) is 31.8 Å². The number of rotatable bonds is 0. The van der Waals surface area contributed by atoms with Crippen LogP contribution < -0.4 is 9.93 Å². The van der Waals surface area contributed by atoms with Gasteiger partial charge in [-0.1, -0.05) is 0 Å². The molecule has 0 bridgehead atoms. The average molecular weight is 244 g/mol. The first kappa shape index (κ1) is 8.17. The third kappa shape index (κ3) is 1.38. The molecule has 0 aromatic rings. The normalized spacial score (nSPS) is 10.5. The Morgan fingerprint density at radius 1 is 1.42 bits per heavy atom. The molecule has 12 heavy (non-hydrogen) atoms. The summed E-state index contributed by atoms with van der Waals surface area (Å²) in [4.78, 5) is 0. The van der Waals surface area contributed by atoms with Gasteiger partial charge in [0, 0.05) is 0 Å². The van der Waals surface area contributed by atoms with Gasteiger partial charge >= 0.3 is 80.0 Å². The molecule has 2 rings (SSSR count). The van der Waals surface area contributed by atoms with Crippen LogP contribution in [0.4, 0.5) is 0 Å². The summed E-state index contributed by atoms with van der Waals surface area (Å²) < 4.78 is 7.87. The summed E-state index contributed by atoms with van der Waals surface area (Å²) in [6.45, 7) is 0. The van der Waals surface area contributed by atoms with Gasteiger partial charge in [-0.05, 0) is 0 Å². The molecule has 0 aromatic carbocycles. The summed E-state index contributed by atoms with van der Waals surface area (Å²) in [7, 11) is 5.82. The Balaban J connectivity index is 2.79. The Bertz CT molecular complexity index is 425. The first-order valence-corrected chi connectivity index (χ1v) is 7.29. The van der Waals surface area contributed by atoms with Crippen molar-refractivity contribution in [1.82, 2.24) is 8.95 Å². The minimum absolute atomic E-state index is 0.501. The van der Waals surface area contributed by atoms with Crippen molar-refractivity contribution in [2.24, 2.45) is 0 Å². The fourth-order valence-electron chi connectivity index (χ4n) is 1.02. The van der Waals surface area contributed by atoms with Crippen molar-refractivity contribution < 1.29 is 0 Å². The molecule has 0 N–H and O–H groups in total. The van der Waals surface area contributed by atoms with E-state index in [2.05, 4.69) is 41.2 Å². The van der Waals surface area contributed by atoms with Crippen LogP contribution >= 0.6 is 9.91 Å². The number of aromatic nitrogens is 1. The monoisotopic (exact) mass is 245 g/mol. The van der Waals surface area contributed by atoms with E-state index in [0.717, 1.165) is 0 Å². The molecule has 0 fully saturated rings. The third-order valence-corrected chi connectivity index (χ3v) is 5.00. The average Bonchev–Trinajstić information content (AvgIpc) is 2.49. The van der Waals surface area contributed by atoms with Gasteiger partial charge in [0.1, 0.15) is 0 Å². The van der Waals surface area contributed by atoms with Crippen LogP contribution in [0.25, 0.3) is 10.1 Å². The Labute approximate surface area is 80.1 Å². The van der Waals surface area contributed by atoms with E-state index >= 15 is 0 Å². The van der Waals surface area contributed by atoms with Gasteiger partial charge in [0.15, 0.2) is 0 Å². The second-order valence-electron chi connectivity index (χ2n) is 2.80. The minimum atomic E-state index is 0.501. The number of hydrogen-bond acceptors (Lipinski definition) is 2. The molecule has 0 atom stereocenters. The summed E-state index contributed by atoms with van der Waals surface area (Å²) in [5.74, 6) is 0. The van der Waals surface area contributed by atoms with Crippen LogP contribution in [0.3, 0.4) is 0 Å². The molecule has 2 nitrogen and oxygen atoms in total. The van der Waals surface area contributed by atoms with Crippen LogP contribution in [0.5, 0.6) is 0 Å². The van der Waals surface area contributed by atoms with Gasteiger partial charge in [-0.3, -0.25) is 0 Å². The third-order valence-electron chi connectivity index (χ3n) is 1.72. The fraction of sp³-hybridized carbons (Fsp3) is 0.250. The summed E-state index contributed by atoms with van der Waals surface area (Å²) in [5, 5.41) is 1.27. The van der Waals surface area contributed by atoms with E-state index in [4.69, 9.17) is 0 Å². The van der Waals surface area contributed by atoms with Crippen LogP contribution in [0.15, 0.2) is 18.2 Å². The van der Waals surface area contributed by atoms with Crippen molar-refractivity contribution >= 4 is 23.3 Å². The fourth-order valence-corrected chi connectivity index (χ4v) is 4.22. The maximum absolute atomic E-state index is 4.33. The number of benzene rings is 1. The molecule has 0 aromatic heterocycles. The van der Waals surface area contributed by atoms with E-state index in [0.29, 0.717) is 13.3 Å². The second-order valence-corrected chi connectivity index (χ2v) is 6.20. The van der Waals surface area contributed by atoms with E-state index < -0.39 is 0 Å². The van der Waals surface area contributed by atoms with Gasteiger partial charge < -0.3 is 0 Å². The van der Waals surface area contributed by atoms with E-state index in [1.807, 2.05) is 0 Å². The van der Waals surface area contributed by atoms with Gasteiger partial charge in [0.2, 0.25) is 0 Å². The van der Waals surface area contributed by atoms with Gasteiger partial charge in [-0.2, -0.15) is 0 Å². The predicted octanol–water partition coefficient (Wildman–Crippen LogP) is 0.337. The summed E-state index contributed by atoms with van der Waals surface area (Å²) in [6.07, 6.45) is 0. The molecule has 0 spiro atoms. The van der Waals surface area contributed by atoms with Gasteiger partial charge in [-0.25, -0.2) is 0 Å². The zero-order valence-corrected chi connectivity index (χ0v) is 9.47. The van der Waals surface area contributed by atoms with Crippen molar-refractivity contribution in [2.45, 2.75) is 0 Å². The molecule has 1 heterocycles. The predicted molar refractivity (Wildman–Crippen MR) is 52.8 cm³/mol. The molecule has 1 aliphatic heterocycles. The van der Waals surface area contributed by atoms with Crippen molar-refractivity contribution in [3.05, 3.63) is 23.6 Å². The van der Waals surface area contributed by atoms with Crippen LogP contribution in [-0.2, 0) is 0 Å². The zero-order valence-electron chi connectivity index (χ0n) is 6.94. The van der Waals surface area contributed by atoms with Crippen LogP contribution in [0.1, 0.15) is 0 Å². The Kier molecular flexibility index (Phi) is 2.13. The van der Waals surface area contributed by atoms with E-state index in [1.165, 1.54) is 15.5 Å². The first-order chi connectivity index (χ1) is 5.77. The Morgan fingerprint density at radius 3 is 3.00 bits per heavy atom. The van der Waals surface area contributed by atoms with E-state index in [1.54, 1.807) is 9.91 Å². The summed E-state index contributed by atoms with van der Waals surface area (Å²) >= 11 is 0.501. The number of fused-ring (bicyclic) bond motifs is 1. The standard InChI is InChI=1S/C8H9N2SSe/c1-10(2)6-3-4-7-8(5-6)12-11-9-7/h3-5H,1-2H3/q+1. The molecular formula is C8H9N2SSe+. The van der Waals surface area contributed by atoms with Gasteiger partial charge in [0.25, 0.3) is 0 Å². The number of nitrogens with zero attached hydrogens (tertiary/aromatic N) is 2. The molecular weight excluding hydrogens is 235 g/mol. The summed E-state index contributed by atoms with van der Waals surface area (Å²) in [6, 6.07) is 6.45. The van der Waals surface area contributed by atoms with Gasteiger partial charge in [0.05, 0.1) is 0 Å².